The Bertz CT molecular complexity index is 1000. The normalized spacial score (nSPS) is 23.6. The number of piperidine rings is 1. The average Bonchev–Trinajstić information content (AvgIpc) is 3.30. The molecule has 3 aromatic rings. The molecule has 0 radical (unpaired) electrons. The van der Waals surface area contributed by atoms with Crippen LogP contribution in [-0.4, -0.2) is 32.1 Å². The maximum absolute atomic E-state index is 13.1. The lowest BCUT2D eigenvalue weighted by Gasteiger charge is -2.19. The summed E-state index contributed by atoms with van der Waals surface area (Å²) >= 11 is 5.87. The van der Waals surface area contributed by atoms with E-state index in [1.54, 1.807) is 24.7 Å². The molecule has 4 heterocycles. The van der Waals surface area contributed by atoms with Crippen molar-refractivity contribution in [3.8, 4) is 11.3 Å². The van der Waals surface area contributed by atoms with Crippen LogP contribution in [0.4, 0.5) is 5.82 Å². The maximum atomic E-state index is 13.1. The molecular formula is C20H18ClN5O. The Balaban J connectivity index is 1.42. The second-order valence-corrected chi connectivity index (χ2v) is 7.65. The number of halogens is 1. The monoisotopic (exact) mass is 379 g/mol. The first-order valence-electron chi connectivity index (χ1n) is 9.02. The summed E-state index contributed by atoms with van der Waals surface area (Å²) in [6.07, 6.45) is 7.00. The third-order valence-corrected chi connectivity index (χ3v) is 5.86. The number of carbonyl (C=O) groups excluding carboxylic acids is 1. The first kappa shape index (κ1) is 16.4. The van der Waals surface area contributed by atoms with Gasteiger partial charge in [0.05, 0.1) is 5.69 Å². The summed E-state index contributed by atoms with van der Waals surface area (Å²) < 4.78 is 0. The van der Waals surface area contributed by atoms with Crippen LogP contribution in [0.15, 0.2) is 42.9 Å². The number of nitrogens with one attached hydrogen (secondary N) is 1. The van der Waals surface area contributed by atoms with Crippen molar-refractivity contribution >= 4 is 23.3 Å². The number of amides is 1. The molecule has 1 saturated carbocycles. The third kappa shape index (κ3) is 2.72. The van der Waals surface area contributed by atoms with Crippen LogP contribution in [0.3, 0.4) is 0 Å². The first-order valence-corrected chi connectivity index (χ1v) is 9.40. The Morgan fingerprint density at radius 2 is 2.07 bits per heavy atom. The zero-order valence-electron chi connectivity index (χ0n) is 14.8. The van der Waals surface area contributed by atoms with Gasteiger partial charge < -0.3 is 0 Å². The second-order valence-electron chi connectivity index (χ2n) is 7.26. The van der Waals surface area contributed by atoms with Crippen molar-refractivity contribution in [2.75, 3.05) is 4.90 Å². The van der Waals surface area contributed by atoms with Crippen LogP contribution in [-0.2, 0) is 11.2 Å². The number of anilines is 1. The zero-order valence-corrected chi connectivity index (χ0v) is 15.5. The number of H-pyrrole nitrogens is 1. The Morgan fingerprint density at radius 3 is 2.81 bits per heavy atom. The minimum absolute atomic E-state index is 0.0153. The van der Waals surface area contributed by atoms with E-state index in [1.165, 1.54) is 0 Å². The van der Waals surface area contributed by atoms with Crippen molar-refractivity contribution in [1.29, 1.82) is 0 Å². The van der Waals surface area contributed by atoms with Gasteiger partial charge in [0.15, 0.2) is 5.82 Å². The zero-order chi connectivity index (χ0) is 18.5. The largest absolute Gasteiger partial charge is 0.291 e. The molecule has 1 aliphatic heterocycles. The summed E-state index contributed by atoms with van der Waals surface area (Å²) in [4.78, 5) is 23.2. The van der Waals surface area contributed by atoms with Gasteiger partial charge in [0, 0.05) is 41.7 Å². The van der Waals surface area contributed by atoms with E-state index in [1.807, 2.05) is 30.0 Å². The van der Waals surface area contributed by atoms with E-state index in [-0.39, 0.29) is 17.9 Å². The highest BCUT2D eigenvalue weighted by molar-refractivity contribution is 6.29. The highest BCUT2D eigenvalue weighted by Gasteiger charge is 2.59. The number of carbonyl (C=O) groups is 1. The van der Waals surface area contributed by atoms with Gasteiger partial charge in [-0.25, -0.2) is 4.98 Å². The molecule has 6 nitrogen and oxygen atoms in total. The first-order chi connectivity index (χ1) is 13.1. The number of aromatic nitrogens is 4. The molecule has 136 valence electrons. The summed E-state index contributed by atoms with van der Waals surface area (Å²) in [5, 5.41) is 8.06. The fourth-order valence-corrected chi connectivity index (χ4v) is 4.27. The Hall–Kier alpha value is -2.73. The SMILES string of the molecule is Cc1c(N2C(=O)[C@H](Cc3ccc(Cl)nc3)[C@@H]3C[C@@H]32)n[nH]c1-c1ccncc1. The molecule has 0 spiro atoms. The van der Waals surface area contributed by atoms with E-state index < -0.39 is 0 Å². The number of hydrogen-bond acceptors (Lipinski definition) is 4. The molecule has 27 heavy (non-hydrogen) atoms. The molecule has 1 N–H and O–H groups in total. The number of aromatic amines is 1. The summed E-state index contributed by atoms with van der Waals surface area (Å²) in [7, 11) is 0. The van der Waals surface area contributed by atoms with Crippen LogP contribution in [0.2, 0.25) is 5.15 Å². The Labute approximate surface area is 161 Å². The van der Waals surface area contributed by atoms with Gasteiger partial charge in [-0.1, -0.05) is 17.7 Å². The predicted octanol–water partition coefficient (Wildman–Crippen LogP) is 3.42. The highest BCUT2D eigenvalue weighted by Crippen LogP contribution is 2.52. The summed E-state index contributed by atoms with van der Waals surface area (Å²) in [6.45, 7) is 2.01. The van der Waals surface area contributed by atoms with Crippen molar-refractivity contribution < 1.29 is 4.79 Å². The van der Waals surface area contributed by atoms with Gasteiger partial charge in [-0.15, -0.1) is 0 Å². The van der Waals surface area contributed by atoms with E-state index in [9.17, 15) is 4.79 Å². The molecule has 1 amide bonds. The van der Waals surface area contributed by atoms with Gasteiger partial charge in [-0.2, -0.15) is 5.10 Å². The molecule has 3 atom stereocenters. The number of rotatable bonds is 4. The average molecular weight is 380 g/mol. The predicted molar refractivity (Wildman–Crippen MR) is 102 cm³/mol. The van der Waals surface area contributed by atoms with E-state index in [4.69, 9.17) is 11.6 Å². The Kier molecular flexibility index (Phi) is 3.75. The smallest absolute Gasteiger partial charge is 0.232 e. The lowest BCUT2D eigenvalue weighted by atomic mass is 9.96. The molecule has 1 saturated heterocycles. The van der Waals surface area contributed by atoms with Crippen LogP contribution in [0.1, 0.15) is 17.5 Å². The van der Waals surface area contributed by atoms with Crippen molar-refractivity contribution in [2.45, 2.75) is 25.8 Å². The lowest BCUT2D eigenvalue weighted by Crippen LogP contribution is -2.33. The topological polar surface area (TPSA) is 74.8 Å². The highest BCUT2D eigenvalue weighted by atomic mass is 35.5. The Morgan fingerprint density at radius 1 is 1.26 bits per heavy atom. The van der Waals surface area contributed by atoms with Crippen LogP contribution in [0.5, 0.6) is 0 Å². The van der Waals surface area contributed by atoms with Gasteiger partial charge in [-0.3, -0.25) is 19.8 Å². The molecule has 0 unspecified atom stereocenters. The molecule has 0 bridgehead atoms. The van der Waals surface area contributed by atoms with Crippen LogP contribution < -0.4 is 4.90 Å². The summed E-state index contributed by atoms with van der Waals surface area (Å²) in [6, 6.07) is 7.86. The maximum Gasteiger partial charge on any atom is 0.232 e. The third-order valence-electron chi connectivity index (χ3n) is 5.63. The summed E-state index contributed by atoms with van der Waals surface area (Å²) in [5.41, 5.74) is 3.99. The van der Waals surface area contributed by atoms with Crippen LogP contribution in [0, 0.1) is 18.8 Å². The van der Waals surface area contributed by atoms with Crippen molar-refractivity contribution in [3.05, 3.63) is 59.1 Å². The van der Waals surface area contributed by atoms with Gasteiger partial charge in [0.1, 0.15) is 5.15 Å². The van der Waals surface area contributed by atoms with Crippen molar-refractivity contribution in [3.63, 3.8) is 0 Å². The standard InChI is InChI=1S/C20H18ClN5O/c1-11-18(13-4-6-22-7-5-13)24-25-19(11)26-16-9-14(16)15(20(26)27)8-12-2-3-17(21)23-10-12/h2-7,10,14-16H,8-9H2,1H3,(H,24,25)/t14-,15+,16-/m0/s1. The molecule has 1 aliphatic carbocycles. The molecular weight excluding hydrogens is 362 g/mol. The van der Waals surface area contributed by atoms with E-state index >= 15 is 0 Å². The van der Waals surface area contributed by atoms with Gasteiger partial charge in [0.25, 0.3) is 0 Å². The quantitative estimate of drug-likeness (QED) is 0.705. The molecule has 3 aromatic heterocycles. The van der Waals surface area contributed by atoms with E-state index in [0.717, 1.165) is 34.6 Å². The van der Waals surface area contributed by atoms with Crippen molar-refractivity contribution in [1.82, 2.24) is 20.2 Å². The molecule has 5 rings (SSSR count). The summed E-state index contributed by atoms with van der Waals surface area (Å²) in [5.74, 6) is 1.28. The van der Waals surface area contributed by atoms with Crippen LogP contribution >= 0.6 is 11.6 Å². The van der Waals surface area contributed by atoms with Crippen molar-refractivity contribution in [2.24, 2.45) is 11.8 Å². The molecule has 2 fully saturated rings. The van der Waals surface area contributed by atoms with Gasteiger partial charge >= 0.3 is 0 Å². The minimum Gasteiger partial charge on any atom is -0.291 e. The minimum atomic E-state index is -0.0153. The fourth-order valence-electron chi connectivity index (χ4n) is 4.16. The number of hydrogen-bond donors (Lipinski definition) is 1. The lowest BCUT2D eigenvalue weighted by molar-refractivity contribution is -0.121. The molecule has 7 heteroatoms. The molecule has 2 aliphatic rings. The van der Waals surface area contributed by atoms with E-state index in [0.29, 0.717) is 17.5 Å². The second kappa shape index (κ2) is 6.16. The van der Waals surface area contributed by atoms with Gasteiger partial charge in [-0.05, 0) is 49.4 Å². The number of fused-ring (bicyclic) bond motifs is 1. The van der Waals surface area contributed by atoms with Gasteiger partial charge in [0.2, 0.25) is 5.91 Å². The number of pyridine rings is 2. The van der Waals surface area contributed by atoms with Crippen LogP contribution in [0.25, 0.3) is 11.3 Å². The fraction of sp³-hybridized carbons (Fsp3) is 0.300. The number of nitrogens with zero attached hydrogens (tertiary/aromatic N) is 4. The molecule has 0 aromatic carbocycles. The van der Waals surface area contributed by atoms with E-state index in [2.05, 4.69) is 20.2 Å².